The van der Waals surface area contributed by atoms with E-state index in [1.807, 2.05) is 6.92 Å². The van der Waals surface area contributed by atoms with E-state index in [1.54, 1.807) is 25.4 Å². The number of ether oxygens (including phenoxy) is 1. The van der Waals surface area contributed by atoms with Gasteiger partial charge in [0.2, 0.25) is 5.91 Å². The molecule has 2 aliphatic heterocycles. The zero-order chi connectivity index (χ0) is 26.3. The Morgan fingerprint density at radius 3 is 2.64 bits per heavy atom. The minimum Gasteiger partial charge on any atom is -0.454 e. The molecule has 0 bridgehead atoms. The summed E-state index contributed by atoms with van der Waals surface area (Å²) in [5.74, 6) is -1.03. The van der Waals surface area contributed by atoms with Gasteiger partial charge in [0.15, 0.2) is 11.6 Å². The number of sulfonamides is 1. The van der Waals surface area contributed by atoms with Gasteiger partial charge in [-0.05, 0) is 54.8 Å². The van der Waals surface area contributed by atoms with Crippen molar-refractivity contribution in [2.24, 2.45) is 5.92 Å². The van der Waals surface area contributed by atoms with E-state index in [9.17, 15) is 26.4 Å². The number of benzene rings is 2. The highest BCUT2D eigenvalue weighted by Gasteiger charge is 2.46. The molecular formula is C24H25F4N3O4S. The average molecular weight is 528 g/mol. The van der Waals surface area contributed by atoms with Crippen molar-refractivity contribution in [1.82, 2.24) is 10.2 Å². The van der Waals surface area contributed by atoms with Crippen molar-refractivity contribution in [3.8, 4) is 11.5 Å². The molecule has 2 aromatic rings. The van der Waals surface area contributed by atoms with E-state index in [0.29, 0.717) is 36.9 Å². The normalized spacial score (nSPS) is 20.2. The number of alkyl halides is 3. The Hall–Kier alpha value is -3.12. The topological polar surface area (TPSA) is 87.7 Å². The van der Waals surface area contributed by atoms with E-state index < -0.39 is 27.4 Å². The first-order valence-corrected chi connectivity index (χ1v) is 12.8. The number of rotatable bonds is 7. The number of carbonyl (C=O) groups excluding carboxylic acids is 1. The highest BCUT2D eigenvalue weighted by molar-refractivity contribution is 7.93. The summed E-state index contributed by atoms with van der Waals surface area (Å²) in [6.45, 7) is 2.45. The van der Waals surface area contributed by atoms with Crippen LogP contribution >= 0.6 is 0 Å². The van der Waals surface area contributed by atoms with Gasteiger partial charge in [-0.3, -0.25) is 9.52 Å². The summed E-state index contributed by atoms with van der Waals surface area (Å²) in [6.07, 6.45) is 3.31. The molecule has 7 nitrogen and oxygen atoms in total. The largest absolute Gasteiger partial charge is 0.516 e. The molecule has 4 rings (SSSR count). The number of halogens is 4. The molecule has 2 unspecified atom stereocenters. The summed E-state index contributed by atoms with van der Waals surface area (Å²) in [4.78, 5) is 13.9. The van der Waals surface area contributed by atoms with Crippen LogP contribution in [0, 0.1) is 11.7 Å². The number of carbonyl (C=O) groups is 1. The fraction of sp³-hybridized carbons (Fsp3) is 0.375. The lowest BCUT2D eigenvalue weighted by Crippen LogP contribution is -2.46. The lowest BCUT2D eigenvalue weighted by Gasteiger charge is -2.32. The number of hydrogen-bond donors (Lipinski definition) is 2. The van der Waals surface area contributed by atoms with Crippen LogP contribution < -0.4 is 14.8 Å². The van der Waals surface area contributed by atoms with Crippen molar-refractivity contribution in [3.63, 3.8) is 0 Å². The Morgan fingerprint density at radius 2 is 1.94 bits per heavy atom. The summed E-state index contributed by atoms with van der Waals surface area (Å²) in [5.41, 5.74) is -4.61. The quantitative estimate of drug-likeness (QED) is 0.513. The molecule has 2 N–H and O–H groups in total. The van der Waals surface area contributed by atoms with Crippen LogP contribution in [0.15, 0.2) is 42.6 Å². The SMILES string of the molecule is CCCc1cccc(Oc2ccc(NS(=O)(=O)C(F)(F)F)cc2C2=CN(C)C(=O)C3NCCC23)c1F. The zero-order valence-electron chi connectivity index (χ0n) is 19.5. The fourth-order valence-corrected chi connectivity index (χ4v) is 5.04. The fourth-order valence-electron chi connectivity index (χ4n) is 4.49. The number of nitrogens with one attached hydrogen (secondary N) is 2. The summed E-state index contributed by atoms with van der Waals surface area (Å²) in [5, 5.41) is 3.12. The van der Waals surface area contributed by atoms with Crippen LogP contribution in [-0.4, -0.2) is 44.4 Å². The first kappa shape index (κ1) is 26.0. The lowest BCUT2D eigenvalue weighted by atomic mass is 9.84. The number of likely N-dealkylation sites (N-methyl/N-ethyl adjacent to an activating group) is 1. The van der Waals surface area contributed by atoms with E-state index in [0.717, 1.165) is 6.07 Å². The summed E-state index contributed by atoms with van der Waals surface area (Å²) in [6, 6.07) is 7.75. The lowest BCUT2D eigenvalue weighted by molar-refractivity contribution is -0.130. The molecule has 2 atom stereocenters. The molecular weight excluding hydrogens is 502 g/mol. The van der Waals surface area contributed by atoms with Gasteiger partial charge < -0.3 is 15.0 Å². The predicted octanol–water partition coefficient (Wildman–Crippen LogP) is 4.62. The molecule has 0 spiro atoms. The zero-order valence-corrected chi connectivity index (χ0v) is 20.3. The maximum Gasteiger partial charge on any atom is 0.516 e. The Labute approximate surface area is 206 Å². The van der Waals surface area contributed by atoms with Crippen LogP contribution in [0.3, 0.4) is 0 Å². The predicted molar refractivity (Wildman–Crippen MR) is 126 cm³/mol. The van der Waals surface area contributed by atoms with Gasteiger partial charge >= 0.3 is 15.5 Å². The molecule has 36 heavy (non-hydrogen) atoms. The minimum atomic E-state index is -5.67. The Morgan fingerprint density at radius 1 is 1.19 bits per heavy atom. The third kappa shape index (κ3) is 4.92. The van der Waals surface area contributed by atoms with Gasteiger partial charge in [0.25, 0.3) is 0 Å². The van der Waals surface area contributed by atoms with E-state index in [1.165, 1.54) is 27.8 Å². The third-order valence-electron chi connectivity index (χ3n) is 6.20. The van der Waals surface area contributed by atoms with Crippen LogP contribution in [0.1, 0.15) is 30.9 Å². The van der Waals surface area contributed by atoms with Gasteiger partial charge in [0.1, 0.15) is 5.75 Å². The highest BCUT2D eigenvalue weighted by Crippen LogP contribution is 2.43. The van der Waals surface area contributed by atoms with Gasteiger partial charge in [-0.25, -0.2) is 4.39 Å². The molecule has 12 heteroatoms. The van der Waals surface area contributed by atoms with Crippen LogP contribution in [-0.2, 0) is 21.2 Å². The Bertz CT molecular complexity index is 1310. The van der Waals surface area contributed by atoms with Crippen LogP contribution in [0.4, 0.5) is 23.2 Å². The maximum atomic E-state index is 15.1. The monoisotopic (exact) mass is 527 g/mol. The second kappa shape index (κ2) is 9.74. The van der Waals surface area contributed by atoms with Crippen molar-refractivity contribution in [2.45, 2.75) is 37.7 Å². The molecule has 1 amide bonds. The second-order valence-corrected chi connectivity index (χ2v) is 10.4. The smallest absolute Gasteiger partial charge is 0.454 e. The van der Waals surface area contributed by atoms with E-state index in [-0.39, 0.29) is 34.6 Å². The minimum absolute atomic E-state index is 0.0761. The van der Waals surface area contributed by atoms with Crippen LogP contribution in [0.5, 0.6) is 11.5 Å². The van der Waals surface area contributed by atoms with Gasteiger partial charge in [0, 0.05) is 30.4 Å². The summed E-state index contributed by atoms with van der Waals surface area (Å²) in [7, 11) is -4.13. The summed E-state index contributed by atoms with van der Waals surface area (Å²) >= 11 is 0. The summed E-state index contributed by atoms with van der Waals surface area (Å²) < 4.78 is 84.9. The van der Waals surface area contributed by atoms with Gasteiger partial charge in [-0.1, -0.05) is 25.5 Å². The van der Waals surface area contributed by atoms with Crippen LogP contribution in [0.25, 0.3) is 5.57 Å². The number of fused-ring (bicyclic) bond motifs is 1. The van der Waals surface area contributed by atoms with Gasteiger partial charge in [0.05, 0.1) is 6.04 Å². The number of aryl methyl sites for hydroxylation is 1. The Kier molecular flexibility index (Phi) is 7.02. The standard InChI is InChI=1S/C24H25F4N3O4S/c1-3-5-14-6-4-7-20(21(14)25)35-19-9-8-15(30-36(33,34)24(26,27)28)12-17(19)18-13-31(2)23(32)22-16(18)10-11-29-22/h4,6-9,12-13,16,22,29-30H,3,5,10-11H2,1-2H3. The molecule has 0 aromatic heterocycles. The number of amides is 1. The van der Waals surface area contributed by atoms with Crippen LogP contribution in [0.2, 0.25) is 0 Å². The Balaban J connectivity index is 1.81. The van der Waals surface area contributed by atoms with Gasteiger partial charge in [-0.15, -0.1) is 0 Å². The van der Waals surface area contributed by atoms with E-state index in [4.69, 9.17) is 4.74 Å². The van der Waals surface area contributed by atoms with Crippen molar-refractivity contribution in [3.05, 3.63) is 59.5 Å². The van der Waals surface area contributed by atoms with E-state index >= 15 is 4.39 Å². The third-order valence-corrected chi connectivity index (χ3v) is 7.31. The molecule has 0 saturated carbocycles. The van der Waals surface area contributed by atoms with Gasteiger partial charge in [-0.2, -0.15) is 21.6 Å². The van der Waals surface area contributed by atoms with Crippen molar-refractivity contribution in [1.29, 1.82) is 0 Å². The molecule has 0 aliphatic carbocycles. The molecule has 0 radical (unpaired) electrons. The van der Waals surface area contributed by atoms with E-state index in [2.05, 4.69) is 5.32 Å². The number of nitrogens with zero attached hydrogens (tertiary/aromatic N) is 1. The number of hydrogen-bond acceptors (Lipinski definition) is 5. The highest BCUT2D eigenvalue weighted by atomic mass is 32.2. The molecule has 2 heterocycles. The number of anilines is 1. The first-order valence-electron chi connectivity index (χ1n) is 11.3. The van der Waals surface area contributed by atoms with Crippen molar-refractivity contribution in [2.75, 3.05) is 18.3 Å². The average Bonchev–Trinajstić information content (AvgIpc) is 3.29. The van der Waals surface area contributed by atoms with Crippen molar-refractivity contribution < 1.29 is 35.5 Å². The molecule has 194 valence electrons. The second-order valence-electron chi connectivity index (χ2n) is 8.70. The molecule has 1 fully saturated rings. The molecule has 2 aliphatic rings. The maximum absolute atomic E-state index is 15.1. The molecule has 1 saturated heterocycles. The molecule has 2 aromatic carbocycles. The van der Waals surface area contributed by atoms with Crippen molar-refractivity contribution >= 4 is 27.2 Å². The first-order chi connectivity index (χ1) is 16.9.